The van der Waals surface area contributed by atoms with Gasteiger partial charge < -0.3 is 10.1 Å². The van der Waals surface area contributed by atoms with Crippen molar-refractivity contribution in [3.05, 3.63) is 28.8 Å². The van der Waals surface area contributed by atoms with Gasteiger partial charge in [-0.1, -0.05) is 25.4 Å². The first kappa shape index (κ1) is 15.5. The van der Waals surface area contributed by atoms with Crippen molar-refractivity contribution in [2.45, 2.75) is 20.3 Å². The smallest absolute Gasteiger partial charge is 0.257 e. The number of aldehydes is 1. The van der Waals surface area contributed by atoms with Gasteiger partial charge in [0.05, 0.1) is 5.02 Å². The Hall–Kier alpha value is -1.55. The summed E-state index contributed by atoms with van der Waals surface area (Å²) in [6, 6.07) is 4.67. The largest absolute Gasteiger partial charge is 0.482 e. The quantitative estimate of drug-likeness (QED) is 0.783. The third kappa shape index (κ3) is 5.75. The molecule has 0 radical (unpaired) electrons. The average Bonchev–Trinajstić information content (AvgIpc) is 2.36. The first-order chi connectivity index (χ1) is 9.02. The molecule has 0 aliphatic rings. The monoisotopic (exact) mass is 283 g/mol. The fourth-order valence-electron chi connectivity index (χ4n) is 1.40. The number of carbonyl (C=O) groups excluding carboxylic acids is 2. The molecule has 0 saturated heterocycles. The fraction of sp³-hybridized carbons (Fsp3) is 0.429. The summed E-state index contributed by atoms with van der Waals surface area (Å²) < 4.78 is 5.30. The van der Waals surface area contributed by atoms with Gasteiger partial charge in [-0.15, -0.1) is 0 Å². The van der Waals surface area contributed by atoms with Crippen LogP contribution in [0.25, 0.3) is 0 Å². The Morgan fingerprint density at radius 3 is 2.79 bits per heavy atom. The van der Waals surface area contributed by atoms with Crippen molar-refractivity contribution in [2.24, 2.45) is 5.92 Å². The van der Waals surface area contributed by atoms with E-state index in [0.29, 0.717) is 35.1 Å². The van der Waals surface area contributed by atoms with Crippen molar-refractivity contribution in [3.63, 3.8) is 0 Å². The Morgan fingerprint density at radius 1 is 1.47 bits per heavy atom. The van der Waals surface area contributed by atoms with Crippen LogP contribution in [0.5, 0.6) is 5.75 Å². The van der Waals surface area contributed by atoms with Gasteiger partial charge in [0, 0.05) is 12.1 Å². The third-order valence-corrected chi connectivity index (χ3v) is 2.79. The summed E-state index contributed by atoms with van der Waals surface area (Å²) in [5, 5.41) is 3.08. The molecule has 0 saturated carbocycles. The summed E-state index contributed by atoms with van der Waals surface area (Å²) in [5.74, 6) is 0.758. The van der Waals surface area contributed by atoms with Gasteiger partial charge in [0.2, 0.25) is 0 Å². The third-order valence-electron chi connectivity index (χ3n) is 2.49. The van der Waals surface area contributed by atoms with Gasteiger partial charge >= 0.3 is 0 Å². The molecule has 0 spiro atoms. The number of benzene rings is 1. The van der Waals surface area contributed by atoms with Crippen LogP contribution in [0.4, 0.5) is 0 Å². The Bertz CT molecular complexity index is 446. The molecule has 104 valence electrons. The van der Waals surface area contributed by atoms with E-state index in [9.17, 15) is 9.59 Å². The number of nitrogens with one attached hydrogen (secondary N) is 1. The molecule has 0 aliphatic carbocycles. The summed E-state index contributed by atoms with van der Waals surface area (Å²) >= 11 is 5.92. The highest BCUT2D eigenvalue weighted by molar-refractivity contribution is 6.32. The zero-order valence-electron chi connectivity index (χ0n) is 11.1. The molecule has 0 aromatic heterocycles. The Morgan fingerprint density at radius 2 is 2.21 bits per heavy atom. The van der Waals surface area contributed by atoms with E-state index in [-0.39, 0.29) is 12.5 Å². The predicted octanol–water partition coefficient (Wildman–Crippen LogP) is 2.69. The van der Waals surface area contributed by atoms with E-state index in [2.05, 4.69) is 19.2 Å². The van der Waals surface area contributed by atoms with Crippen LogP contribution in [0, 0.1) is 5.92 Å². The van der Waals surface area contributed by atoms with Crippen LogP contribution in [0.3, 0.4) is 0 Å². The summed E-state index contributed by atoms with van der Waals surface area (Å²) in [6.07, 6.45) is 1.63. The summed E-state index contributed by atoms with van der Waals surface area (Å²) in [7, 11) is 0. The molecule has 1 N–H and O–H groups in total. The van der Waals surface area contributed by atoms with Crippen LogP contribution < -0.4 is 10.1 Å². The van der Waals surface area contributed by atoms with Gasteiger partial charge in [-0.05, 0) is 30.5 Å². The molecule has 0 heterocycles. The van der Waals surface area contributed by atoms with Crippen LogP contribution >= 0.6 is 11.6 Å². The molecule has 1 rings (SSSR count). The van der Waals surface area contributed by atoms with Crippen molar-refractivity contribution >= 4 is 23.8 Å². The number of hydrogen-bond donors (Lipinski definition) is 1. The van der Waals surface area contributed by atoms with Crippen LogP contribution in [0.1, 0.15) is 30.6 Å². The zero-order chi connectivity index (χ0) is 14.3. The number of halogens is 1. The van der Waals surface area contributed by atoms with Gasteiger partial charge in [0.1, 0.15) is 12.0 Å². The molecule has 0 atom stereocenters. The van der Waals surface area contributed by atoms with Crippen LogP contribution in [-0.2, 0) is 4.79 Å². The molecular weight excluding hydrogens is 266 g/mol. The Labute approximate surface area is 118 Å². The maximum Gasteiger partial charge on any atom is 0.257 e. The van der Waals surface area contributed by atoms with Gasteiger partial charge in [0.15, 0.2) is 6.61 Å². The van der Waals surface area contributed by atoms with Crippen molar-refractivity contribution in [1.29, 1.82) is 0 Å². The topological polar surface area (TPSA) is 55.4 Å². The zero-order valence-corrected chi connectivity index (χ0v) is 11.9. The lowest BCUT2D eigenvalue weighted by Gasteiger charge is -2.09. The number of hydrogen-bond acceptors (Lipinski definition) is 3. The van der Waals surface area contributed by atoms with E-state index >= 15 is 0 Å². The molecule has 0 bridgehead atoms. The Kier molecular flexibility index (Phi) is 6.36. The normalized spacial score (nSPS) is 10.3. The van der Waals surface area contributed by atoms with Gasteiger partial charge in [-0.25, -0.2) is 0 Å². The van der Waals surface area contributed by atoms with Crippen LogP contribution in [0.2, 0.25) is 5.02 Å². The Balaban J connectivity index is 2.39. The molecule has 0 aliphatic heterocycles. The molecule has 5 heteroatoms. The standard InChI is InChI=1S/C14H18ClNO3/c1-10(2)5-6-16-14(18)9-19-13-4-3-11(8-17)7-12(13)15/h3-4,7-8,10H,5-6,9H2,1-2H3,(H,16,18). The maximum absolute atomic E-state index is 11.5. The van der Waals surface area contributed by atoms with Crippen molar-refractivity contribution in [3.8, 4) is 5.75 Å². The molecule has 19 heavy (non-hydrogen) atoms. The molecule has 0 unspecified atom stereocenters. The van der Waals surface area contributed by atoms with Gasteiger partial charge in [-0.3, -0.25) is 9.59 Å². The SMILES string of the molecule is CC(C)CCNC(=O)COc1ccc(C=O)cc1Cl. The van der Waals surface area contributed by atoms with Gasteiger partial charge in [-0.2, -0.15) is 0 Å². The first-order valence-electron chi connectivity index (χ1n) is 6.17. The molecular formula is C14H18ClNO3. The average molecular weight is 284 g/mol. The summed E-state index contributed by atoms with van der Waals surface area (Å²) in [4.78, 5) is 22.0. The lowest BCUT2D eigenvalue weighted by atomic mass is 10.1. The van der Waals surface area contributed by atoms with Crippen molar-refractivity contribution < 1.29 is 14.3 Å². The second kappa shape index (κ2) is 7.79. The van der Waals surface area contributed by atoms with Crippen LogP contribution in [0.15, 0.2) is 18.2 Å². The second-order valence-corrected chi connectivity index (χ2v) is 5.04. The lowest BCUT2D eigenvalue weighted by Crippen LogP contribution is -2.30. The summed E-state index contributed by atoms with van der Waals surface area (Å²) in [6.45, 7) is 4.74. The minimum atomic E-state index is -0.184. The molecule has 0 fully saturated rings. The fourth-order valence-corrected chi connectivity index (χ4v) is 1.65. The van der Waals surface area contributed by atoms with E-state index < -0.39 is 0 Å². The summed E-state index contributed by atoms with van der Waals surface area (Å²) in [5.41, 5.74) is 0.471. The minimum absolute atomic E-state index is 0.0851. The van der Waals surface area contributed by atoms with E-state index in [0.717, 1.165) is 6.42 Å². The first-order valence-corrected chi connectivity index (χ1v) is 6.55. The molecule has 1 aromatic carbocycles. The van der Waals surface area contributed by atoms with E-state index in [1.54, 1.807) is 12.1 Å². The van der Waals surface area contributed by atoms with E-state index in [1.165, 1.54) is 6.07 Å². The maximum atomic E-state index is 11.5. The number of ether oxygens (including phenoxy) is 1. The molecule has 1 aromatic rings. The van der Waals surface area contributed by atoms with Crippen LogP contribution in [-0.4, -0.2) is 25.3 Å². The molecule has 4 nitrogen and oxygen atoms in total. The lowest BCUT2D eigenvalue weighted by molar-refractivity contribution is -0.123. The predicted molar refractivity (Wildman–Crippen MR) is 74.8 cm³/mol. The number of amides is 1. The number of carbonyl (C=O) groups is 2. The highest BCUT2D eigenvalue weighted by atomic mass is 35.5. The van der Waals surface area contributed by atoms with Gasteiger partial charge in [0.25, 0.3) is 5.91 Å². The minimum Gasteiger partial charge on any atom is -0.482 e. The molecule has 1 amide bonds. The van der Waals surface area contributed by atoms with Crippen molar-refractivity contribution in [2.75, 3.05) is 13.2 Å². The van der Waals surface area contributed by atoms with E-state index in [1.807, 2.05) is 0 Å². The highest BCUT2D eigenvalue weighted by Crippen LogP contribution is 2.24. The second-order valence-electron chi connectivity index (χ2n) is 4.63. The number of rotatable bonds is 7. The highest BCUT2D eigenvalue weighted by Gasteiger charge is 2.06. The van der Waals surface area contributed by atoms with Crippen molar-refractivity contribution in [1.82, 2.24) is 5.32 Å². The van der Waals surface area contributed by atoms with E-state index in [4.69, 9.17) is 16.3 Å².